The second-order valence-corrected chi connectivity index (χ2v) is 5.44. The molecule has 0 radical (unpaired) electrons. The quantitative estimate of drug-likeness (QED) is 0.633. The molecule has 1 heterocycles. The minimum atomic E-state index is -1.52. The number of carbonyl (C=O) groups excluding carboxylic acids is 2. The van der Waals surface area contributed by atoms with Crippen LogP contribution in [-0.2, 0) is 9.53 Å². The number of hydrogen-bond acceptors (Lipinski definition) is 3. The van der Waals surface area contributed by atoms with Gasteiger partial charge in [0.1, 0.15) is 5.60 Å². The summed E-state index contributed by atoms with van der Waals surface area (Å²) in [6.45, 7) is 5.59. The zero-order chi connectivity index (χ0) is 12.1. The highest BCUT2D eigenvalue weighted by molar-refractivity contribution is 5.91. The molecule has 1 aliphatic carbocycles. The summed E-state index contributed by atoms with van der Waals surface area (Å²) >= 11 is 0. The van der Waals surface area contributed by atoms with Crippen LogP contribution in [0.4, 0.5) is 9.18 Å². The number of fused-ring (bicyclic) bond motifs is 2. The first-order valence-electron chi connectivity index (χ1n) is 5.47. The summed E-state index contributed by atoms with van der Waals surface area (Å²) in [5.41, 5.74) is -0.589. The maximum absolute atomic E-state index is 13.5. The average Bonchev–Trinajstić information content (AvgIpc) is 2.65. The standard InChI is InChI=1S/C11H16FNO3/c1-11(2,3)16-10(15)13-5-6-4-7(13)8(12)9(6)14/h6-8H,4-5H2,1-3H3/t6?,7?,8-/m1/s1. The van der Waals surface area contributed by atoms with Crippen molar-refractivity contribution in [3.05, 3.63) is 0 Å². The van der Waals surface area contributed by atoms with Crippen molar-refractivity contribution < 1.29 is 18.7 Å². The van der Waals surface area contributed by atoms with Crippen LogP contribution < -0.4 is 0 Å². The predicted molar refractivity (Wildman–Crippen MR) is 54.7 cm³/mol. The minimum Gasteiger partial charge on any atom is -0.444 e. The third kappa shape index (κ3) is 1.79. The van der Waals surface area contributed by atoms with E-state index < -0.39 is 23.9 Å². The van der Waals surface area contributed by atoms with Gasteiger partial charge in [0.25, 0.3) is 0 Å². The van der Waals surface area contributed by atoms with Crippen molar-refractivity contribution in [3.8, 4) is 0 Å². The molecule has 1 saturated carbocycles. The molecule has 1 aliphatic heterocycles. The lowest BCUT2D eigenvalue weighted by atomic mass is 10.1. The molecule has 90 valence electrons. The predicted octanol–water partition coefficient (Wildman–Crippen LogP) is 1.53. The van der Waals surface area contributed by atoms with Crippen molar-refractivity contribution in [1.82, 2.24) is 4.90 Å². The Balaban J connectivity index is 2.04. The van der Waals surface area contributed by atoms with Crippen LogP contribution in [0.1, 0.15) is 27.2 Å². The molecule has 0 N–H and O–H groups in total. The summed E-state index contributed by atoms with van der Waals surface area (Å²) in [7, 11) is 0. The van der Waals surface area contributed by atoms with Gasteiger partial charge in [-0.2, -0.15) is 0 Å². The smallest absolute Gasteiger partial charge is 0.410 e. The molecular formula is C11H16FNO3. The van der Waals surface area contributed by atoms with Gasteiger partial charge in [-0.05, 0) is 27.2 Å². The minimum absolute atomic E-state index is 0.304. The highest BCUT2D eigenvalue weighted by Gasteiger charge is 2.54. The molecule has 2 bridgehead atoms. The van der Waals surface area contributed by atoms with Gasteiger partial charge in [-0.15, -0.1) is 0 Å². The SMILES string of the molecule is CC(C)(C)OC(=O)N1CC2CC1[C@@H](F)C2=O. The fourth-order valence-corrected chi connectivity index (χ4v) is 2.29. The van der Waals surface area contributed by atoms with Crippen LogP contribution in [0.15, 0.2) is 0 Å². The Hall–Kier alpha value is -1.13. The Labute approximate surface area is 93.7 Å². The van der Waals surface area contributed by atoms with Crippen LogP contribution >= 0.6 is 0 Å². The van der Waals surface area contributed by atoms with Crippen molar-refractivity contribution in [1.29, 1.82) is 0 Å². The number of piperidine rings is 1. The summed E-state index contributed by atoms with van der Waals surface area (Å²) in [6.07, 6.45) is -1.60. The summed E-state index contributed by atoms with van der Waals surface area (Å²) in [6, 6.07) is -0.604. The highest BCUT2D eigenvalue weighted by Crippen LogP contribution is 2.37. The molecule has 16 heavy (non-hydrogen) atoms. The van der Waals surface area contributed by atoms with E-state index in [1.54, 1.807) is 20.8 Å². The largest absolute Gasteiger partial charge is 0.444 e. The Kier molecular flexibility index (Phi) is 2.44. The van der Waals surface area contributed by atoms with E-state index in [1.165, 1.54) is 4.90 Å². The maximum Gasteiger partial charge on any atom is 0.410 e. The number of alkyl halides is 1. The number of amides is 1. The number of halogens is 1. The van der Waals surface area contributed by atoms with Crippen LogP contribution in [0.5, 0.6) is 0 Å². The van der Waals surface area contributed by atoms with Gasteiger partial charge in [0.15, 0.2) is 12.0 Å². The zero-order valence-corrected chi connectivity index (χ0v) is 9.70. The fraction of sp³-hybridized carbons (Fsp3) is 0.818. The van der Waals surface area contributed by atoms with Crippen molar-refractivity contribution in [3.63, 3.8) is 0 Å². The first-order valence-corrected chi connectivity index (χ1v) is 5.47. The van der Waals surface area contributed by atoms with Crippen molar-refractivity contribution >= 4 is 11.9 Å². The molecule has 3 atom stereocenters. The van der Waals surface area contributed by atoms with E-state index in [1.807, 2.05) is 0 Å². The van der Waals surface area contributed by atoms with Gasteiger partial charge >= 0.3 is 6.09 Å². The lowest BCUT2D eigenvalue weighted by Crippen LogP contribution is -2.48. The van der Waals surface area contributed by atoms with E-state index in [-0.39, 0.29) is 11.7 Å². The van der Waals surface area contributed by atoms with E-state index in [0.29, 0.717) is 13.0 Å². The molecule has 2 fully saturated rings. The van der Waals surface area contributed by atoms with Gasteiger partial charge in [0.2, 0.25) is 0 Å². The zero-order valence-electron chi connectivity index (χ0n) is 9.70. The normalized spacial score (nSPS) is 33.4. The fourth-order valence-electron chi connectivity index (χ4n) is 2.29. The van der Waals surface area contributed by atoms with Gasteiger partial charge in [-0.1, -0.05) is 0 Å². The molecule has 0 aromatic rings. The number of Topliss-reactive ketones (excluding diaryl/α,β-unsaturated/α-hetero) is 1. The first kappa shape index (κ1) is 11.4. The number of ether oxygens (including phenoxy) is 1. The number of ketones is 1. The lowest BCUT2D eigenvalue weighted by molar-refractivity contribution is -0.127. The summed E-state index contributed by atoms with van der Waals surface area (Å²) in [4.78, 5) is 24.3. The number of rotatable bonds is 0. The molecule has 5 heteroatoms. The number of carbonyl (C=O) groups is 2. The van der Waals surface area contributed by atoms with Gasteiger partial charge in [0.05, 0.1) is 6.04 Å². The van der Waals surface area contributed by atoms with E-state index in [0.717, 1.165) is 0 Å². The van der Waals surface area contributed by atoms with Crippen LogP contribution in [0, 0.1) is 5.92 Å². The molecule has 1 amide bonds. The van der Waals surface area contributed by atoms with Crippen molar-refractivity contribution in [2.24, 2.45) is 5.92 Å². The summed E-state index contributed by atoms with van der Waals surface area (Å²) < 4.78 is 18.6. The van der Waals surface area contributed by atoms with Crippen molar-refractivity contribution in [2.45, 2.75) is 45.0 Å². The van der Waals surface area contributed by atoms with Gasteiger partial charge in [-0.3, -0.25) is 4.79 Å². The summed E-state index contributed by atoms with van der Waals surface area (Å²) in [5, 5.41) is 0. The van der Waals surface area contributed by atoms with Crippen molar-refractivity contribution in [2.75, 3.05) is 6.54 Å². The second-order valence-electron chi connectivity index (χ2n) is 5.44. The van der Waals surface area contributed by atoms with Crippen LogP contribution in [0.3, 0.4) is 0 Å². The third-order valence-electron chi connectivity index (χ3n) is 2.98. The van der Waals surface area contributed by atoms with Crippen LogP contribution in [0.2, 0.25) is 0 Å². The molecule has 2 rings (SSSR count). The Morgan fingerprint density at radius 3 is 2.56 bits per heavy atom. The van der Waals surface area contributed by atoms with Crippen LogP contribution in [-0.4, -0.2) is 41.1 Å². The van der Waals surface area contributed by atoms with Gasteiger partial charge < -0.3 is 9.64 Å². The number of likely N-dealkylation sites (tertiary alicyclic amines) is 1. The molecular weight excluding hydrogens is 213 g/mol. The Morgan fingerprint density at radius 1 is 1.50 bits per heavy atom. The van der Waals surface area contributed by atoms with Gasteiger partial charge in [-0.25, -0.2) is 9.18 Å². The molecule has 0 aromatic carbocycles. The average molecular weight is 229 g/mol. The monoisotopic (exact) mass is 229 g/mol. The molecule has 4 nitrogen and oxygen atoms in total. The molecule has 0 aromatic heterocycles. The van der Waals surface area contributed by atoms with Crippen LogP contribution in [0.25, 0.3) is 0 Å². The molecule has 2 aliphatic rings. The Bertz CT molecular complexity index is 333. The number of hydrogen-bond donors (Lipinski definition) is 0. The Morgan fingerprint density at radius 2 is 2.12 bits per heavy atom. The molecule has 0 spiro atoms. The summed E-state index contributed by atoms with van der Waals surface area (Å²) in [5.74, 6) is -0.683. The third-order valence-corrected chi connectivity index (χ3v) is 2.98. The first-order chi connectivity index (χ1) is 7.29. The second kappa shape index (κ2) is 3.43. The van der Waals surface area contributed by atoms with E-state index in [4.69, 9.17) is 4.74 Å². The number of nitrogens with zero attached hydrogens (tertiary/aromatic N) is 1. The molecule has 2 unspecified atom stereocenters. The maximum atomic E-state index is 13.5. The highest BCUT2D eigenvalue weighted by atomic mass is 19.1. The topological polar surface area (TPSA) is 46.6 Å². The van der Waals surface area contributed by atoms with E-state index in [9.17, 15) is 14.0 Å². The molecule has 1 saturated heterocycles. The van der Waals surface area contributed by atoms with E-state index >= 15 is 0 Å². The van der Waals surface area contributed by atoms with Gasteiger partial charge in [0, 0.05) is 12.5 Å². The van der Waals surface area contributed by atoms with E-state index in [2.05, 4.69) is 0 Å². The lowest BCUT2D eigenvalue weighted by Gasteiger charge is -2.31.